The lowest BCUT2D eigenvalue weighted by molar-refractivity contribution is 0.0234. The van der Waals surface area contributed by atoms with Crippen molar-refractivity contribution < 1.29 is 0 Å². The van der Waals surface area contributed by atoms with E-state index >= 15 is 0 Å². The molecule has 250 valence electrons. The number of hydrogen-bond donors (Lipinski definition) is 2. The van der Waals surface area contributed by atoms with Gasteiger partial charge in [0.25, 0.3) is 0 Å². The average molecular weight is 633 g/mol. The van der Waals surface area contributed by atoms with Crippen molar-refractivity contribution in [1.29, 1.82) is 0 Å². The van der Waals surface area contributed by atoms with Crippen LogP contribution in [0.25, 0.3) is 0 Å². The van der Waals surface area contributed by atoms with Crippen LogP contribution in [0.4, 0.5) is 0 Å². The fourth-order valence-corrected chi connectivity index (χ4v) is 11.4. The summed E-state index contributed by atoms with van der Waals surface area (Å²) in [5, 5.41) is 7.95. The first-order valence-corrected chi connectivity index (χ1v) is 18.6. The molecular weight excluding hydrogens is 568 g/mol. The van der Waals surface area contributed by atoms with E-state index in [1.54, 1.807) is 22.3 Å². The van der Waals surface area contributed by atoms with E-state index in [0.717, 1.165) is 38.0 Å². The summed E-state index contributed by atoms with van der Waals surface area (Å²) in [5.41, 5.74) is 11.1. The summed E-state index contributed by atoms with van der Waals surface area (Å²) in [6.45, 7) is 24.2. The standard InChI is InChI=1S/C42H64N2.ClH/c1-29(2)31-11-15-35-33(25-31)13-17-37-39(5,19-9-21-41(35,37)7)27-43-23-24-44-28-40(6)20-10-22-42(8)36-16-12-32(30(3)4)26-34(36)14-18-38(40)42;/h11-12,15-16,25-26,29-30,37-38,43-44H,9-10,13-14,17-24,27-28H2,1-8H3;1H/t37-,38-,39-,40-,41+,42+;/m0./s1. The maximum absolute atomic E-state index is 3.97. The molecule has 4 aliphatic carbocycles. The fourth-order valence-electron chi connectivity index (χ4n) is 11.4. The molecule has 2 aromatic rings. The third-order valence-electron chi connectivity index (χ3n) is 13.9. The van der Waals surface area contributed by atoms with Crippen LogP contribution in [0.15, 0.2) is 36.4 Å². The molecule has 0 bridgehead atoms. The van der Waals surface area contributed by atoms with Gasteiger partial charge in [0.05, 0.1) is 0 Å². The van der Waals surface area contributed by atoms with Crippen molar-refractivity contribution in [2.24, 2.45) is 22.7 Å². The minimum atomic E-state index is 0. The van der Waals surface area contributed by atoms with Crippen LogP contribution in [0.5, 0.6) is 0 Å². The van der Waals surface area contributed by atoms with Crippen molar-refractivity contribution in [2.75, 3.05) is 26.2 Å². The summed E-state index contributed by atoms with van der Waals surface area (Å²) in [7, 11) is 0. The number of fused-ring (bicyclic) bond motifs is 6. The maximum atomic E-state index is 3.97. The second-order valence-electron chi connectivity index (χ2n) is 17.5. The number of aryl methyl sites for hydroxylation is 2. The van der Waals surface area contributed by atoms with E-state index < -0.39 is 0 Å². The van der Waals surface area contributed by atoms with Gasteiger partial charge in [-0.1, -0.05) is 105 Å². The van der Waals surface area contributed by atoms with Gasteiger partial charge in [-0.15, -0.1) is 12.4 Å². The van der Waals surface area contributed by atoms with Crippen LogP contribution in [-0.2, 0) is 23.7 Å². The average Bonchev–Trinajstić information content (AvgIpc) is 2.98. The molecule has 0 saturated heterocycles. The topological polar surface area (TPSA) is 24.1 Å². The van der Waals surface area contributed by atoms with Gasteiger partial charge in [0.1, 0.15) is 0 Å². The molecule has 4 aliphatic rings. The van der Waals surface area contributed by atoms with Gasteiger partial charge < -0.3 is 10.6 Å². The van der Waals surface area contributed by atoms with Gasteiger partial charge in [0, 0.05) is 26.2 Å². The van der Waals surface area contributed by atoms with E-state index in [1.165, 1.54) is 75.3 Å². The lowest BCUT2D eigenvalue weighted by Gasteiger charge is -2.56. The maximum Gasteiger partial charge on any atom is 0.00769 e. The Morgan fingerprint density at radius 2 is 1.02 bits per heavy atom. The predicted octanol–water partition coefficient (Wildman–Crippen LogP) is 10.3. The first-order valence-electron chi connectivity index (χ1n) is 18.6. The molecule has 2 nitrogen and oxygen atoms in total. The number of halogens is 1. The fraction of sp³-hybridized carbons (Fsp3) is 0.714. The molecule has 0 aromatic heterocycles. The van der Waals surface area contributed by atoms with Crippen molar-refractivity contribution in [1.82, 2.24) is 10.6 Å². The molecular formula is C42H65ClN2. The van der Waals surface area contributed by atoms with E-state index in [-0.39, 0.29) is 12.4 Å². The molecule has 45 heavy (non-hydrogen) atoms. The largest absolute Gasteiger partial charge is 0.315 e. The Morgan fingerprint density at radius 1 is 0.622 bits per heavy atom. The molecule has 6 rings (SSSR count). The van der Waals surface area contributed by atoms with E-state index in [1.807, 2.05) is 0 Å². The molecule has 3 heteroatoms. The summed E-state index contributed by atoms with van der Waals surface area (Å²) in [5.74, 6) is 2.77. The van der Waals surface area contributed by atoms with E-state index in [0.29, 0.717) is 33.5 Å². The van der Waals surface area contributed by atoms with Crippen molar-refractivity contribution in [3.63, 3.8) is 0 Å². The zero-order valence-corrected chi connectivity index (χ0v) is 30.9. The minimum Gasteiger partial charge on any atom is -0.315 e. The Bertz CT molecular complexity index is 1230. The van der Waals surface area contributed by atoms with Gasteiger partial charge in [-0.3, -0.25) is 0 Å². The minimum absolute atomic E-state index is 0. The molecule has 0 heterocycles. The van der Waals surface area contributed by atoms with E-state index in [9.17, 15) is 0 Å². The molecule has 2 saturated carbocycles. The first kappa shape index (κ1) is 35.0. The number of rotatable bonds is 9. The van der Waals surface area contributed by atoms with Gasteiger partial charge in [0.15, 0.2) is 0 Å². The first-order chi connectivity index (χ1) is 20.9. The predicted molar refractivity (Wildman–Crippen MR) is 196 cm³/mol. The Hall–Kier alpha value is -1.35. The molecule has 6 atom stereocenters. The molecule has 0 radical (unpaired) electrons. The number of benzene rings is 2. The second kappa shape index (κ2) is 13.3. The van der Waals surface area contributed by atoms with Crippen LogP contribution in [0.1, 0.15) is 152 Å². The SMILES string of the molecule is CC(C)c1ccc2c(c1)CC[C@H]1[C@](C)(CNCCNC[C@]3(C)CCC[C@]4(C)c5ccc(C(C)C)cc5CC[C@@H]34)CCC[C@]21C.Cl. The highest BCUT2D eigenvalue weighted by atomic mass is 35.5. The van der Waals surface area contributed by atoms with Crippen LogP contribution in [-0.4, -0.2) is 26.2 Å². The highest BCUT2D eigenvalue weighted by molar-refractivity contribution is 5.85. The Labute approximate surface area is 283 Å². The summed E-state index contributed by atoms with van der Waals surface area (Å²) in [6.07, 6.45) is 13.4. The Morgan fingerprint density at radius 3 is 1.40 bits per heavy atom. The van der Waals surface area contributed by atoms with Crippen molar-refractivity contribution in [2.45, 2.75) is 142 Å². The van der Waals surface area contributed by atoms with Crippen molar-refractivity contribution in [3.8, 4) is 0 Å². The Balaban J connectivity index is 0.00000400. The summed E-state index contributed by atoms with van der Waals surface area (Å²) >= 11 is 0. The molecule has 0 amide bonds. The van der Waals surface area contributed by atoms with E-state index in [4.69, 9.17) is 0 Å². The lowest BCUT2D eigenvalue weighted by Crippen LogP contribution is -2.54. The lowest BCUT2D eigenvalue weighted by atomic mass is 9.49. The van der Waals surface area contributed by atoms with Crippen LogP contribution >= 0.6 is 12.4 Å². The highest BCUT2D eigenvalue weighted by Crippen LogP contribution is 2.58. The summed E-state index contributed by atoms with van der Waals surface area (Å²) in [6, 6.07) is 15.0. The third kappa shape index (κ3) is 6.31. The van der Waals surface area contributed by atoms with Crippen LogP contribution in [0.2, 0.25) is 0 Å². The number of hydrogen-bond acceptors (Lipinski definition) is 2. The summed E-state index contributed by atoms with van der Waals surface area (Å²) < 4.78 is 0. The molecule has 0 spiro atoms. The van der Waals surface area contributed by atoms with Gasteiger partial charge in [-0.25, -0.2) is 0 Å². The quantitative estimate of drug-likeness (QED) is 0.269. The van der Waals surface area contributed by atoms with Gasteiger partial charge in [-0.2, -0.15) is 0 Å². The van der Waals surface area contributed by atoms with Gasteiger partial charge >= 0.3 is 0 Å². The zero-order valence-electron chi connectivity index (χ0n) is 30.1. The van der Waals surface area contributed by atoms with Gasteiger partial charge in [-0.05, 0) is 130 Å². The van der Waals surface area contributed by atoms with Gasteiger partial charge in [0.2, 0.25) is 0 Å². The third-order valence-corrected chi connectivity index (χ3v) is 13.9. The Kier molecular flexibility index (Phi) is 10.3. The molecule has 2 fully saturated rings. The van der Waals surface area contributed by atoms with Crippen LogP contribution in [0, 0.1) is 22.7 Å². The van der Waals surface area contributed by atoms with E-state index in [2.05, 4.69) is 102 Å². The number of nitrogens with one attached hydrogen (secondary N) is 2. The van der Waals surface area contributed by atoms with Crippen LogP contribution in [0.3, 0.4) is 0 Å². The second-order valence-corrected chi connectivity index (χ2v) is 17.5. The zero-order chi connectivity index (χ0) is 31.3. The monoisotopic (exact) mass is 632 g/mol. The highest BCUT2D eigenvalue weighted by Gasteiger charge is 2.52. The smallest absolute Gasteiger partial charge is 0.00769 e. The van der Waals surface area contributed by atoms with Crippen molar-refractivity contribution in [3.05, 3.63) is 69.8 Å². The van der Waals surface area contributed by atoms with Crippen LogP contribution < -0.4 is 10.6 Å². The normalized spacial score (nSPS) is 34.0. The molecule has 2 N–H and O–H groups in total. The molecule has 0 aliphatic heterocycles. The molecule has 0 unspecified atom stereocenters. The molecule has 2 aromatic carbocycles. The summed E-state index contributed by atoms with van der Waals surface area (Å²) in [4.78, 5) is 0. The van der Waals surface area contributed by atoms with Crippen molar-refractivity contribution >= 4 is 12.4 Å².